The summed E-state index contributed by atoms with van der Waals surface area (Å²) < 4.78 is 11.0. The van der Waals surface area contributed by atoms with E-state index in [1.54, 1.807) is 30.3 Å². The maximum absolute atomic E-state index is 12.6. The minimum absolute atomic E-state index is 0.133. The first-order valence-electron chi connectivity index (χ1n) is 10.8. The second-order valence-electron chi connectivity index (χ2n) is 7.35. The Hall–Kier alpha value is -3.39. The third-order valence-electron chi connectivity index (χ3n) is 5.28. The van der Waals surface area contributed by atoms with Crippen LogP contribution in [-0.4, -0.2) is 68.4 Å². The number of anilines is 1. The molecule has 0 saturated heterocycles. The molecule has 0 radical (unpaired) electrons. The van der Waals surface area contributed by atoms with E-state index in [0.29, 0.717) is 29.3 Å². The quantitative estimate of drug-likeness (QED) is 0.540. The molecular formula is C24H29N3O5. The fourth-order valence-electron chi connectivity index (χ4n) is 3.39. The van der Waals surface area contributed by atoms with Crippen LogP contribution < -0.4 is 19.7 Å². The Morgan fingerprint density at radius 3 is 2.59 bits per heavy atom. The topological polar surface area (TPSA) is 88.2 Å². The van der Waals surface area contributed by atoms with Gasteiger partial charge in [-0.1, -0.05) is 32.0 Å². The van der Waals surface area contributed by atoms with E-state index in [0.717, 1.165) is 19.6 Å². The lowest BCUT2D eigenvalue weighted by molar-refractivity contribution is -0.125. The lowest BCUT2D eigenvalue weighted by Gasteiger charge is -2.29. The number of hydrogen-bond donors (Lipinski definition) is 1. The Kier molecular flexibility index (Phi) is 8.21. The molecule has 2 aromatic rings. The van der Waals surface area contributed by atoms with Crippen LogP contribution in [0.5, 0.6) is 11.5 Å². The average Bonchev–Trinajstić information content (AvgIpc) is 2.82. The maximum Gasteiger partial charge on any atom is 0.265 e. The summed E-state index contributed by atoms with van der Waals surface area (Å²) >= 11 is 0. The number of rotatable bonds is 11. The lowest BCUT2D eigenvalue weighted by atomic mass is 10.1. The summed E-state index contributed by atoms with van der Waals surface area (Å²) in [6, 6.07) is 13.9. The SMILES string of the molecule is CCN(CC)CCNC(=O)CN1C(=O)COc2ccc(C(=O)COc3ccccc3)cc21. The van der Waals surface area contributed by atoms with E-state index >= 15 is 0 Å². The van der Waals surface area contributed by atoms with Crippen molar-refractivity contribution in [2.75, 3.05) is 50.8 Å². The molecule has 8 nitrogen and oxygen atoms in total. The third kappa shape index (κ3) is 6.07. The Labute approximate surface area is 188 Å². The number of benzene rings is 2. The van der Waals surface area contributed by atoms with Crippen LogP contribution in [-0.2, 0) is 9.59 Å². The van der Waals surface area contributed by atoms with Gasteiger partial charge in [0.15, 0.2) is 19.0 Å². The van der Waals surface area contributed by atoms with Crippen molar-refractivity contribution in [3.05, 3.63) is 54.1 Å². The Bertz CT molecular complexity index is 944. The minimum atomic E-state index is -0.332. The van der Waals surface area contributed by atoms with Crippen molar-refractivity contribution in [3.8, 4) is 11.5 Å². The summed E-state index contributed by atoms with van der Waals surface area (Å²) in [5.41, 5.74) is 0.788. The Balaban J connectivity index is 1.65. The van der Waals surface area contributed by atoms with Gasteiger partial charge in [-0.25, -0.2) is 0 Å². The van der Waals surface area contributed by atoms with E-state index in [4.69, 9.17) is 9.47 Å². The molecule has 3 rings (SSSR count). The van der Waals surface area contributed by atoms with Gasteiger partial charge >= 0.3 is 0 Å². The number of para-hydroxylation sites is 1. The van der Waals surface area contributed by atoms with Gasteiger partial charge < -0.3 is 19.7 Å². The van der Waals surface area contributed by atoms with Crippen LogP contribution in [0, 0.1) is 0 Å². The number of ether oxygens (including phenoxy) is 2. The molecule has 1 N–H and O–H groups in total. The van der Waals surface area contributed by atoms with Crippen LogP contribution in [0.1, 0.15) is 24.2 Å². The number of nitrogens with zero attached hydrogens (tertiary/aromatic N) is 2. The standard InChI is InChI=1S/C24H29N3O5/c1-3-26(4-2)13-12-25-23(29)15-27-20-14-18(10-11-22(20)32-17-24(27)30)21(28)16-31-19-8-6-5-7-9-19/h5-11,14H,3-4,12-13,15-17H2,1-2H3,(H,25,29). The highest BCUT2D eigenvalue weighted by atomic mass is 16.5. The first-order valence-corrected chi connectivity index (χ1v) is 10.8. The number of amides is 2. The Morgan fingerprint density at radius 2 is 1.88 bits per heavy atom. The summed E-state index contributed by atoms with van der Waals surface area (Å²) in [7, 11) is 0. The molecule has 0 aromatic heterocycles. The zero-order valence-corrected chi connectivity index (χ0v) is 18.5. The molecule has 1 aliphatic heterocycles. The average molecular weight is 440 g/mol. The van der Waals surface area contributed by atoms with Crippen molar-refractivity contribution in [1.29, 1.82) is 0 Å². The number of fused-ring (bicyclic) bond motifs is 1. The number of carbonyl (C=O) groups is 3. The summed E-state index contributed by atoms with van der Waals surface area (Å²) in [6.07, 6.45) is 0. The van der Waals surface area contributed by atoms with Gasteiger partial charge in [0.05, 0.1) is 5.69 Å². The fraction of sp³-hybridized carbons (Fsp3) is 0.375. The number of likely N-dealkylation sites (N-methyl/N-ethyl adjacent to an activating group) is 1. The van der Waals surface area contributed by atoms with E-state index < -0.39 is 0 Å². The van der Waals surface area contributed by atoms with Crippen LogP contribution in [0.2, 0.25) is 0 Å². The summed E-state index contributed by atoms with van der Waals surface area (Å²) in [5.74, 6) is 0.226. The van der Waals surface area contributed by atoms with Crippen LogP contribution in [0.25, 0.3) is 0 Å². The fourth-order valence-corrected chi connectivity index (χ4v) is 3.39. The number of Topliss-reactive ketones (excluding diaryl/α,β-unsaturated/α-hetero) is 1. The van der Waals surface area contributed by atoms with Crippen LogP contribution in [0.3, 0.4) is 0 Å². The highest BCUT2D eigenvalue weighted by Crippen LogP contribution is 2.33. The molecule has 0 fully saturated rings. The van der Waals surface area contributed by atoms with E-state index in [9.17, 15) is 14.4 Å². The van der Waals surface area contributed by atoms with Gasteiger partial charge in [0.25, 0.3) is 5.91 Å². The van der Waals surface area contributed by atoms with Crippen molar-refractivity contribution in [2.45, 2.75) is 13.8 Å². The number of nitrogens with one attached hydrogen (secondary N) is 1. The van der Waals surface area contributed by atoms with Gasteiger partial charge in [-0.05, 0) is 43.4 Å². The monoisotopic (exact) mass is 439 g/mol. The normalized spacial score (nSPS) is 12.8. The first kappa shape index (κ1) is 23.3. The zero-order valence-electron chi connectivity index (χ0n) is 18.5. The van der Waals surface area contributed by atoms with Crippen LogP contribution >= 0.6 is 0 Å². The molecule has 0 saturated carbocycles. The molecular weight excluding hydrogens is 410 g/mol. The van der Waals surface area contributed by atoms with Crippen LogP contribution in [0.15, 0.2) is 48.5 Å². The number of carbonyl (C=O) groups excluding carboxylic acids is 3. The molecule has 0 unspecified atom stereocenters. The van der Waals surface area contributed by atoms with E-state index in [-0.39, 0.29) is 37.4 Å². The smallest absolute Gasteiger partial charge is 0.265 e. The highest BCUT2D eigenvalue weighted by Gasteiger charge is 2.28. The number of ketones is 1. The molecule has 170 valence electrons. The molecule has 2 aromatic carbocycles. The molecule has 8 heteroatoms. The maximum atomic E-state index is 12.6. The van der Waals surface area contributed by atoms with Crippen molar-refractivity contribution in [1.82, 2.24) is 10.2 Å². The summed E-state index contributed by atoms with van der Waals surface area (Å²) in [5, 5.41) is 2.85. The van der Waals surface area contributed by atoms with Crippen LogP contribution in [0.4, 0.5) is 5.69 Å². The Morgan fingerprint density at radius 1 is 1.12 bits per heavy atom. The number of hydrogen-bond acceptors (Lipinski definition) is 6. The van der Waals surface area contributed by atoms with Crippen molar-refractivity contribution in [2.24, 2.45) is 0 Å². The van der Waals surface area contributed by atoms with Gasteiger partial charge in [-0.2, -0.15) is 0 Å². The third-order valence-corrected chi connectivity index (χ3v) is 5.28. The zero-order chi connectivity index (χ0) is 22.9. The van der Waals surface area contributed by atoms with Crippen molar-refractivity contribution >= 4 is 23.3 Å². The molecule has 2 amide bonds. The molecule has 32 heavy (non-hydrogen) atoms. The molecule has 0 spiro atoms. The van der Waals surface area contributed by atoms with Gasteiger partial charge in [-0.15, -0.1) is 0 Å². The van der Waals surface area contributed by atoms with Crippen molar-refractivity contribution < 1.29 is 23.9 Å². The van der Waals surface area contributed by atoms with Gasteiger partial charge in [0.1, 0.15) is 18.0 Å². The van der Waals surface area contributed by atoms with Gasteiger partial charge in [0.2, 0.25) is 5.91 Å². The second-order valence-corrected chi connectivity index (χ2v) is 7.35. The first-order chi connectivity index (χ1) is 15.5. The van der Waals surface area contributed by atoms with Gasteiger partial charge in [-0.3, -0.25) is 19.3 Å². The molecule has 0 aliphatic carbocycles. The van der Waals surface area contributed by atoms with Gasteiger partial charge in [0, 0.05) is 18.7 Å². The summed E-state index contributed by atoms with van der Waals surface area (Å²) in [6.45, 7) is 6.78. The van der Waals surface area contributed by atoms with E-state index in [1.165, 1.54) is 4.90 Å². The van der Waals surface area contributed by atoms with Crippen molar-refractivity contribution in [3.63, 3.8) is 0 Å². The molecule has 1 aliphatic rings. The highest BCUT2D eigenvalue weighted by molar-refractivity contribution is 6.04. The molecule has 1 heterocycles. The lowest BCUT2D eigenvalue weighted by Crippen LogP contribution is -2.46. The van der Waals surface area contributed by atoms with E-state index in [1.807, 2.05) is 18.2 Å². The largest absolute Gasteiger partial charge is 0.485 e. The summed E-state index contributed by atoms with van der Waals surface area (Å²) in [4.78, 5) is 41.1. The second kappa shape index (κ2) is 11.3. The van der Waals surface area contributed by atoms with E-state index in [2.05, 4.69) is 24.1 Å². The molecule has 0 bridgehead atoms. The minimum Gasteiger partial charge on any atom is -0.485 e. The predicted octanol–water partition coefficient (Wildman–Crippen LogP) is 2.13. The predicted molar refractivity (Wildman–Crippen MR) is 121 cm³/mol. The molecule has 0 atom stereocenters.